The van der Waals surface area contributed by atoms with Crippen LogP contribution in [0.4, 0.5) is 10.5 Å². The summed E-state index contributed by atoms with van der Waals surface area (Å²) in [5.41, 5.74) is 5.07. The number of urea groups is 1. The van der Waals surface area contributed by atoms with E-state index >= 15 is 0 Å². The van der Waals surface area contributed by atoms with Crippen molar-refractivity contribution in [3.05, 3.63) is 63.6 Å². The zero-order valence-corrected chi connectivity index (χ0v) is 15.5. The topological polar surface area (TPSA) is 89.8 Å². The first-order valence-corrected chi connectivity index (χ1v) is 8.60. The maximum Gasteiger partial charge on any atom is 0.323 e. The number of anilines is 1. The van der Waals surface area contributed by atoms with Crippen LogP contribution in [0.2, 0.25) is 0 Å². The van der Waals surface area contributed by atoms with Crippen LogP contribution in [0.3, 0.4) is 0 Å². The van der Waals surface area contributed by atoms with Gasteiger partial charge in [0.15, 0.2) is 0 Å². The summed E-state index contributed by atoms with van der Waals surface area (Å²) in [4.78, 5) is 29.0. The molecule has 6 nitrogen and oxygen atoms in total. The molecular formula is C20H24N4O2. The van der Waals surface area contributed by atoms with E-state index in [1.807, 2.05) is 0 Å². The number of amides is 2. The lowest BCUT2D eigenvalue weighted by Gasteiger charge is -2.20. The summed E-state index contributed by atoms with van der Waals surface area (Å²) in [6, 6.07) is 11.3. The Morgan fingerprint density at radius 3 is 2.58 bits per heavy atom. The normalized spacial score (nSPS) is 11.5. The lowest BCUT2D eigenvalue weighted by atomic mass is 9.85. The van der Waals surface area contributed by atoms with Gasteiger partial charge in [0.1, 0.15) is 0 Å². The number of fused-ring (bicyclic) bond motifs is 1. The molecule has 3 rings (SSSR count). The van der Waals surface area contributed by atoms with Gasteiger partial charge in [0.25, 0.3) is 0 Å². The van der Waals surface area contributed by atoms with Crippen LogP contribution in [0.25, 0.3) is 11.0 Å². The Labute approximate surface area is 152 Å². The van der Waals surface area contributed by atoms with Crippen molar-refractivity contribution in [1.29, 1.82) is 0 Å². The number of imidazole rings is 1. The van der Waals surface area contributed by atoms with Crippen molar-refractivity contribution < 1.29 is 4.79 Å². The molecule has 4 N–H and O–H groups in total. The highest BCUT2D eigenvalue weighted by Crippen LogP contribution is 2.24. The van der Waals surface area contributed by atoms with Crippen LogP contribution in [0.15, 0.2) is 41.2 Å². The average Bonchev–Trinajstić information content (AvgIpc) is 2.94. The molecule has 0 spiro atoms. The molecule has 1 aromatic heterocycles. The highest BCUT2D eigenvalue weighted by atomic mass is 16.2. The number of carbonyl (C=O) groups excluding carboxylic acids is 1. The van der Waals surface area contributed by atoms with Gasteiger partial charge in [-0.1, -0.05) is 45.0 Å². The third-order valence-corrected chi connectivity index (χ3v) is 4.45. The van der Waals surface area contributed by atoms with Crippen LogP contribution in [-0.4, -0.2) is 16.0 Å². The molecule has 0 saturated heterocycles. The van der Waals surface area contributed by atoms with Crippen molar-refractivity contribution >= 4 is 22.8 Å². The van der Waals surface area contributed by atoms with Crippen molar-refractivity contribution in [2.24, 2.45) is 0 Å². The maximum atomic E-state index is 12.2. The lowest BCUT2D eigenvalue weighted by molar-refractivity contribution is 0.251. The second kappa shape index (κ2) is 6.71. The first kappa shape index (κ1) is 17.8. The van der Waals surface area contributed by atoms with Gasteiger partial charge >= 0.3 is 11.7 Å². The summed E-state index contributed by atoms with van der Waals surface area (Å²) in [6.45, 7) is 9.02. The summed E-state index contributed by atoms with van der Waals surface area (Å²) in [7, 11) is 0. The molecule has 26 heavy (non-hydrogen) atoms. The van der Waals surface area contributed by atoms with Crippen molar-refractivity contribution in [3.8, 4) is 0 Å². The van der Waals surface area contributed by atoms with E-state index in [1.54, 1.807) is 18.2 Å². The average molecular weight is 352 g/mol. The second-order valence-electron chi connectivity index (χ2n) is 7.51. The summed E-state index contributed by atoms with van der Waals surface area (Å²) in [6.07, 6.45) is 0. The SMILES string of the molecule is Cc1cc(C(C)(C)C)ccc1CNC(=O)Nc1cccc2[nH]c(=O)[nH]c12. The van der Waals surface area contributed by atoms with Gasteiger partial charge < -0.3 is 20.6 Å². The first-order chi connectivity index (χ1) is 12.2. The van der Waals surface area contributed by atoms with Gasteiger partial charge in [0.05, 0.1) is 16.7 Å². The van der Waals surface area contributed by atoms with Gasteiger partial charge in [-0.05, 0) is 41.2 Å². The van der Waals surface area contributed by atoms with E-state index in [9.17, 15) is 9.59 Å². The maximum absolute atomic E-state index is 12.2. The minimum Gasteiger partial charge on any atom is -0.334 e. The number of para-hydroxylation sites is 1. The molecule has 3 aromatic rings. The number of H-pyrrole nitrogens is 2. The van der Waals surface area contributed by atoms with Crippen LogP contribution in [0.1, 0.15) is 37.5 Å². The lowest BCUT2D eigenvalue weighted by Crippen LogP contribution is -2.28. The molecule has 0 atom stereocenters. The zero-order valence-electron chi connectivity index (χ0n) is 15.5. The van der Waals surface area contributed by atoms with Crippen LogP contribution < -0.4 is 16.3 Å². The molecule has 2 amide bonds. The summed E-state index contributed by atoms with van der Waals surface area (Å²) >= 11 is 0. The molecule has 2 aromatic carbocycles. The number of aromatic nitrogens is 2. The first-order valence-electron chi connectivity index (χ1n) is 8.60. The van der Waals surface area contributed by atoms with E-state index in [2.05, 4.69) is 66.5 Å². The van der Waals surface area contributed by atoms with Crippen molar-refractivity contribution in [2.45, 2.75) is 39.7 Å². The Bertz CT molecular complexity index is 1010. The van der Waals surface area contributed by atoms with E-state index < -0.39 is 0 Å². The molecule has 0 aliphatic heterocycles. The predicted octanol–water partition coefficient (Wildman–Crippen LogP) is 3.78. The minimum atomic E-state index is -0.321. The fraction of sp³-hybridized carbons (Fsp3) is 0.300. The molecule has 0 saturated carbocycles. The van der Waals surface area contributed by atoms with E-state index in [0.717, 1.165) is 11.1 Å². The number of rotatable bonds is 3. The van der Waals surface area contributed by atoms with E-state index in [4.69, 9.17) is 0 Å². The molecule has 0 bridgehead atoms. The Morgan fingerprint density at radius 2 is 1.88 bits per heavy atom. The quantitative estimate of drug-likeness (QED) is 0.578. The number of hydrogen-bond acceptors (Lipinski definition) is 2. The molecule has 0 aliphatic rings. The van der Waals surface area contributed by atoms with Gasteiger partial charge in [0, 0.05) is 6.54 Å². The third kappa shape index (κ3) is 3.79. The van der Waals surface area contributed by atoms with Crippen LogP contribution in [-0.2, 0) is 12.0 Å². The van der Waals surface area contributed by atoms with Gasteiger partial charge in [0.2, 0.25) is 0 Å². The van der Waals surface area contributed by atoms with E-state index in [0.29, 0.717) is 23.3 Å². The highest BCUT2D eigenvalue weighted by Gasteiger charge is 2.14. The van der Waals surface area contributed by atoms with Crippen LogP contribution in [0, 0.1) is 6.92 Å². The largest absolute Gasteiger partial charge is 0.334 e. The van der Waals surface area contributed by atoms with Crippen LogP contribution >= 0.6 is 0 Å². The van der Waals surface area contributed by atoms with Gasteiger partial charge in [-0.25, -0.2) is 9.59 Å². The van der Waals surface area contributed by atoms with Crippen LogP contribution in [0.5, 0.6) is 0 Å². The molecule has 6 heteroatoms. The number of aryl methyl sites for hydroxylation is 1. The van der Waals surface area contributed by atoms with Crippen molar-refractivity contribution in [2.75, 3.05) is 5.32 Å². The Hall–Kier alpha value is -3.02. The summed E-state index contributed by atoms with van der Waals surface area (Å²) in [5, 5.41) is 5.65. The minimum absolute atomic E-state index is 0.0975. The van der Waals surface area contributed by atoms with E-state index in [1.165, 1.54) is 5.56 Å². The molecule has 1 heterocycles. The number of carbonyl (C=O) groups is 1. The molecule has 0 radical (unpaired) electrons. The fourth-order valence-corrected chi connectivity index (χ4v) is 2.87. The zero-order chi connectivity index (χ0) is 18.9. The number of aromatic amines is 2. The highest BCUT2D eigenvalue weighted by molar-refractivity contribution is 5.98. The molecule has 0 fully saturated rings. The fourth-order valence-electron chi connectivity index (χ4n) is 2.87. The molecule has 0 unspecified atom stereocenters. The van der Waals surface area contributed by atoms with Crippen molar-refractivity contribution in [1.82, 2.24) is 15.3 Å². The van der Waals surface area contributed by atoms with Gasteiger partial charge in [-0.15, -0.1) is 0 Å². The Balaban J connectivity index is 1.68. The van der Waals surface area contributed by atoms with Gasteiger partial charge in [-0.2, -0.15) is 0 Å². The predicted molar refractivity (Wildman–Crippen MR) is 105 cm³/mol. The number of hydrogen-bond donors (Lipinski definition) is 4. The van der Waals surface area contributed by atoms with E-state index in [-0.39, 0.29) is 17.1 Å². The Kier molecular flexibility index (Phi) is 4.59. The smallest absolute Gasteiger partial charge is 0.323 e. The second-order valence-corrected chi connectivity index (χ2v) is 7.51. The molecule has 136 valence electrons. The number of nitrogens with one attached hydrogen (secondary N) is 4. The van der Waals surface area contributed by atoms with Crippen molar-refractivity contribution in [3.63, 3.8) is 0 Å². The standard InChI is InChI=1S/C20H24N4O2/c1-12-10-14(20(2,3)4)9-8-13(12)11-21-18(25)22-15-6-5-7-16-17(15)24-19(26)23-16/h5-10H,11H2,1-4H3,(H2,21,22,25)(H2,23,24,26). The summed E-state index contributed by atoms with van der Waals surface area (Å²) in [5.74, 6) is 0. The monoisotopic (exact) mass is 352 g/mol. The molecular weight excluding hydrogens is 328 g/mol. The third-order valence-electron chi connectivity index (χ3n) is 4.45. The Morgan fingerprint density at radius 1 is 1.12 bits per heavy atom. The number of benzene rings is 2. The van der Waals surface area contributed by atoms with Gasteiger partial charge in [-0.3, -0.25) is 0 Å². The molecule has 0 aliphatic carbocycles. The summed E-state index contributed by atoms with van der Waals surface area (Å²) < 4.78 is 0.